The third-order valence-electron chi connectivity index (χ3n) is 5.05. The van der Waals surface area contributed by atoms with Gasteiger partial charge in [0.05, 0.1) is 0 Å². The maximum atomic E-state index is 12.3. The van der Waals surface area contributed by atoms with Crippen LogP contribution in [-0.4, -0.2) is 60.9 Å². The number of rotatable bonds is 6. The second-order valence-electron chi connectivity index (χ2n) is 8.49. The molecule has 2 fully saturated rings. The van der Waals surface area contributed by atoms with Crippen LogP contribution >= 0.6 is 0 Å². The van der Waals surface area contributed by atoms with Crippen molar-refractivity contribution < 1.29 is 9.59 Å². The Morgan fingerprint density at radius 3 is 2.32 bits per heavy atom. The molecule has 0 radical (unpaired) electrons. The van der Waals surface area contributed by atoms with Gasteiger partial charge >= 0.3 is 0 Å². The Hall–Kier alpha value is -1.36. The molecule has 2 aliphatic heterocycles. The minimum atomic E-state index is 0.0168. The summed E-state index contributed by atoms with van der Waals surface area (Å²) in [5.74, 6) is 0.292. The van der Waals surface area contributed by atoms with E-state index in [2.05, 4.69) is 31.0 Å². The van der Waals surface area contributed by atoms with Crippen molar-refractivity contribution in [3.05, 3.63) is 12.2 Å². The smallest absolute Gasteiger partial charge is 0.246 e. The monoisotopic (exact) mass is 349 g/mol. The van der Waals surface area contributed by atoms with E-state index in [-0.39, 0.29) is 23.1 Å². The molecule has 2 saturated heterocycles. The summed E-state index contributed by atoms with van der Waals surface area (Å²) in [6.45, 7) is 11.9. The lowest BCUT2D eigenvalue weighted by Crippen LogP contribution is -2.43. The summed E-state index contributed by atoms with van der Waals surface area (Å²) in [7, 11) is 0. The second-order valence-corrected chi connectivity index (χ2v) is 8.49. The quantitative estimate of drug-likeness (QED) is 0.592. The highest BCUT2D eigenvalue weighted by Gasteiger charge is 2.26. The Balaban J connectivity index is 1.62. The maximum absolute atomic E-state index is 12.3. The number of amides is 2. The number of hydrogen-bond acceptors (Lipinski definition) is 3. The van der Waals surface area contributed by atoms with E-state index in [4.69, 9.17) is 0 Å². The van der Waals surface area contributed by atoms with Crippen LogP contribution in [-0.2, 0) is 9.59 Å². The fraction of sp³-hybridized carbons (Fsp3) is 0.800. The SMILES string of the molecule is CC(C)(C)C=CC(=O)N1CCC(C(=O)NCCCN2CCCC2)CC1. The predicted molar refractivity (Wildman–Crippen MR) is 101 cm³/mol. The van der Waals surface area contributed by atoms with Crippen molar-refractivity contribution >= 4 is 11.8 Å². The fourth-order valence-electron chi connectivity index (χ4n) is 3.45. The minimum absolute atomic E-state index is 0.0168. The third kappa shape index (κ3) is 7.18. The molecule has 2 amide bonds. The second kappa shape index (κ2) is 9.37. The van der Waals surface area contributed by atoms with E-state index in [9.17, 15) is 9.59 Å². The zero-order chi connectivity index (χ0) is 18.3. The van der Waals surface area contributed by atoms with Gasteiger partial charge in [0.25, 0.3) is 0 Å². The fourth-order valence-corrected chi connectivity index (χ4v) is 3.45. The highest BCUT2D eigenvalue weighted by atomic mass is 16.2. The van der Waals surface area contributed by atoms with Crippen molar-refractivity contribution in [3.8, 4) is 0 Å². The average molecular weight is 350 g/mol. The van der Waals surface area contributed by atoms with Crippen molar-refractivity contribution in [2.45, 2.75) is 52.9 Å². The molecule has 0 aromatic heterocycles. The van der Waals surface area contributed by atoms with Crippen LogP contribution in [0, 0.1) is 11.3 Å². The van der Waals surface area contributed by atoms with E-state index in [1.54, 1.807) is 6.08 Å². The summed E-state index contributed by atoms with van der Waals surface area (Å²) in [5, 5.41) is 3.08. The molecule has 2 aliphatic rings. The van der Waals surface area contributed by atoms with Gasteiger partial charge in [0.1, 0.15) is 0 Å². The van der Waals surface area contributed by atoms with E-state index in [0.717, 1.165) is 32.4 Å². The number of piperidine rings is 1. The highest BCUT2D eigenvalue weighted by Crippen LogP contribution is 2.19. The molecule has 142 valence electrons. The number of nitrogens with zero attached hydrogens (tertiary/aromatic N) is 2. The van der Waals surface area contributed by atoms with Crippen LogP contribution in [0.15, 0.2) is 12.2 Å². The molecule has 0 aliphatic carbocycles. The van der Waals surface area contributed by atoms with Gasteiger partial charge in [0.2, 0.25) is 11.8 Å². The Bertz CT molecular complexity index is 468. The first-order valence-corrected chi connectivity index (χ1v) is 9.83. The number of hydrogen-bond donors (Lipinski definition) is 1. The number of carbonyl (C=O) groups is 2. The molecule has 1 N–H and O–H groups in total. The molecular weight excluding hydrogens is 314 g/mol. The lowest BCUT2D eigenvalue weighted by Gasteiger charge is -2.31. The zero-order valence-electron chi connectivity index (χ0n) is 16.2. The molecule has 0 bridgehead atoms. The number of allylic oxidation sites excluding steroid dienone is 1. The van der Waals surface area contributed by atoms with Crippen LogP contribution in [0.3, 0.4) is 0 Å². The van der Waals surface area contributed by atoms with Crippen LogP contribution in [0.4, 0.5) is 0 Å². The summed E-state index contributed by atoms with van der Waals surface area (Å²) in [5.41, 5.74) is 0.0168. The van der Waals surface area contributed by atoms with Crippen molar-refractivity contribution in [1.82, 2.24) is 15.1 Å². The minimum Gasteiger partial charge on any atom is -0.356 e. The van der Waals surface area contributed by atoms with Crippen molar-refractivity contribution in [2.75, 3.05) is 39.3 Å². The van der Waals surface area contributed by atoms with Gasteiger partial charge in [-0.25, -0.2) is 0 Å². The molecule has 2 rings (SSSR count). The van der Waals surface area contributed by atoms with E-state index < -0.39 is 0 Å². The average Bonchev–Trinajstić information content (AvgIpc) is 3.09. The highest BCUT2D eigenvalue weighted by molar-refractivity contribution is 5.88. The standard InChI is InChI=1S/C20H35N3O2/c1-20(2,3)10-7-18(24)23-15-8-17(9-16-23)19(25)21-11-6-14-22-12-4-5-13-22/h7,10,17H,4-6,8-9,11-16H2,1-3H3,(H,21,25). The van der Waals surface area contributed by atoms with Gasteiger partial charge in [-0.3, -0.25) is 9.59 Å². The van der Waals surface area contributed by atoms with E-state index in [0.29, 0.717) is 13.1 Å². The molecule has 5 heteroatoms. The van der Waals surface area contributed by atoms with Crippen molar-refractivity contribution in [1.29, 1.82) is 0 Å². The molecule has 25 heavy (non-hydrogen) atoms. The molecule has 0 atom stereocenters. The summed E-state index contributed by atoms with van der Waals surface area (Å²) in [6, 6.07) is 0. The Kier molecular flexibility index (Phi) is 7.48. The Morgan fingerprint density at radius 2 is 1.72 bits per heavy atom. The molecule has 2 heterocycles. The molecule has 0 aromatic rings. The number of nitrogens with one attached hydrogen (secondary N) is 1. The molecular formula is C20H35N3O2. The van der Waals surface area contributed by atoms with Crippen molar-refractivity contribution in [2.24, 2.45) is 11.3 Å². The Morgan fingerprint density at radius 1 is 1.08 bits per heavy atom. The van der Waals surface area contributed by atoms with Gasteiger partial charge in [-0.1, -0.05) is 26.8 Å². The maximum Gasteiger partial charge on any atom is 0.246 e. The summed E-state index contributed by atoms with van der Waals surface area (Å²) >= 11 is 0. The third-order valence-corrected chi connectivity index (χ3v) is 5.05. The molecule has 0 unspecified atom stereocenters. The van der Waals surface area contributed by atoms with Crippen LogP contribution in [0.25, 0.3) is 0 Å². The Labute approximate surface area is 152 Å². The molecule has 0 aromatic carbocycles. The van der Waals surface area contributed by atoms with Crippen LogP contribution in [0.5, 0.6) is 0 Å². The van der Waals surface area contributed by atoms with Crippen LogP contribution in [0.1, 0.15) is 52.9 Å². The predicted octanol–water partition coefficient (Wildman–Crippen LogP) is 2.43. The number of carbonyl (C=O) groups excluding carboxylic acids is 2. The van der Waals surface area contributed by atoms with Gasteiger partial charge in [0, 0.05) is 25.6 Å². The first-order chi connectivity index (χ1) is 11.8. The lowest BCUT2D eigenvalue weighted by atomic mass is 9.94. The summed E-state index contributed by atoms with van der Waals surface area (Å²) in [4.78, 5) is 28.8. The molecule has 0 saturated carbocycles. The number of likely N-dealkylation sites (tertiary alicyclic amines) is 2. The lowest BCUT2D eigenvalue weighted by molar-refractivity contribution is -0.132. The van der Waals surface area contributed by atoms with Gasteiger partial charge < -0.3 is 15.1 Å². The van der Waals surface area contributed by atoms with Gasteiger partial charge in [-0.05, 0) is 63.2 Å². The van der Waals surface area contributed by atoms with Gasteiger partial charge in [-0.15, -0.1) is 0 Å². The first-order valence-electron chi connectivity index (χ1n) is 9.83. The van der Waals surface area contributed by atoms with Crippen LogP contribution in [0.2, 0.25) is 0 Å². The zero-order valence-corrected chi connectivity index (χ0v) is 16.2. The van der Waals surface area contributed by atoms with Crippen LogP contribution < -0.4 is 5.32 Å². The first kappa shape index (κ1) is 20.0. The van der Waals surface area contributed by atoms with Gasteiger partial charge in [0.15, 0.2) is 0 Å². The summed E-state index contributed by atoms with van der Waals surface area (Å²) < 4.78 is 0. The van der Waals surface area contributed by atoms with E-state index in [1.165, 1.54) is 25.9 Å². The normalized spacial score (nSPS) is 20.4. The van der Waals surface area contributed by atoms with Gasteiger partial charge in [-0.2, -0.15) is 0 Å². The van der Waals surface area contributed by atoms with E-state index >= 15 is 0 Å². The van der Waals surface area contributed by atoms with Crippen molar-refractivity contribution in [3.63, 3.8) is 0 Å². The molecule has 0 spiro atoms. The van der Waals surface area contributed by atoms with E-state index in [1.807, 2.05) is 11.0 Å². The summed E-state index contributed by atoms with van der Waals surface area (Å²) in [6.07, 6.45) is 8.83. The topological polar surface area (TPSA) is 52.7 Å². The molecule has 5 nitrogen and oxygen atoms in total. The largest absolute Gasteiger partial charge is 0.356 e.